The summed E-state index contributed by atoms with van der Waals surface area (Å²) in [5, 5.41) is 0. The zero-order valence-electron chi connectivity index (χ0n) is 23.6. The number of esters is 1. The van der Waals surface area contributed by atoms with E-state index in [1.807, 2.05) is 121 Å². The fraction of sp³-hybridized carbons (Fsp3) is 0.286. The van der Waals surface area contributed by atoms with Crippen LogP contribution in [-0.4, -0.2) is 43.3 Å². The first kappa shape index (κ1) is 29.5. The molecule has 0 radical (unpaired) electrons. The van der Waals surface area contributed by atoms with E-state index < -0.39 is 36.7 Å². The maximum atomic E-state index is 12.4. The molecule has 0 amide bonds. The van der Waals surface area contributed by atoms with Crippen molar-refractivity contribution in [2.45, 2.75) is 57.5 Å². The minimum atomic E-state index is -0.959. The Balaban J connectivity index is 1.44. The van der Waals surface area contributed by atoms with E-state index in [4.69, 9.17) is 28.4 Å². The third-order valence-corrected chi connectivity index (χ3v) is 6.85. The van der Waals surface area contributed by atoms with E-state index in [-0.39, 0.29) is 13.2 Å². The van der Waals surface area contributed by atoms with Crippen LogP contribution in [0.5, 0.6) is 5.75 Å². The summed E-state index contributed by atoms with van der Waals surface area (Å²) in [6, 6.07) is 38.9. The monoisotopic (exact) mass is 568 g/mol. The average molecular weight is 569 g/mol. The lowest BCUT2D eigenvalue weighted by Gasteiger charge is -2.45. The van der Waals surface area contributed by atoms with Gasteiger partial charge in [-0.1, -0.05) is 109 Å². The van der Waals surface area contributed by atoms with Gasteiger partial charge in [-0.25, -0.2) is 0 Å². The van der Waals surface area contributed by atoms with Gasteiger partial charge in [0.05, 0.1) is 26.4 Å². The molecule has 7 nitrogen and oxygen atoms in total. The Morgan fingerprint density at radius 2 is 1.10 bits per heavy atom. The second kappa shape index (κ2) is 15.3. The number of rotatable bonds is 13. The number of benzene rings is 4. The molecule has 1 saturated heterocycles. The first-order valence-corrected chi connectivity index (χ1v) is 14.1. The average Bonchev–Trinajstić information content (AvgIpc) is 3.02. The standard InChI is InChI=1S/C35H36O7/c1-26(36)40-34-33(39-24-29-18-10-4-11-19-29)32(38-23-28-16-8-3-9-17-28)31(25-37-22-27-14-6-2-7-15-27)42-35(34)41-30-20-12-5-13-21-30/h2-21,31-35H,22-25H2,1H3/t31-,32-,33+,34+,35+/m1/s1. The lowest BCUT2D eigenvalue weighted by Crippen LogP contribution is -2.63. The van der Waals surface area contributed by atoms with Gasteiger partial charge in [0.1, 0.15) is 24.1 Å². The highest BCUT2D eigenvalue weighted by molar-refractivity contribution is 5.66. The summed E-state index contributed by atoms with van der Waals surface area (Å²) in [4.78, 5) is 12.4. The highest BCUT2D eigenvalue weighted by atomic mass is 16.7. The van der Waals surface area contributed by atoms with Crippen LogP contribution < -0.4 is 4.74 Å². The lowest BCUT2D eigenvalue weighted by molar-refractivity contribution is -0.302. The van der Waals surface area contributed by atoms with Gasteiger partial charge in [0, 0.05) is 6.92 Å². The van der Waals surface area contributed by atoms with Gasteiger partial charge in [0.15, 0.2) is 6.10 Å². The molecule has 0 unspecified atom stereocenters. The number of hydrogen-bond donors (Lipinski definition) is 0. The van der Waals surface area contributed by atoms with Crippen LogP contribution in [0, 0.1) is 0 Å². The summed E-state index contributed by atoms with van der Waals surface area (Å²) in [5.41, 5.74) is 3.02. The number of hydrogen-bond acceptors (Lipinski definition) is 7. The van der Waals surface area contributed by atoms with E-state index in [1.165, 1.54) is 6.92 Å². The van der Waals surface area contributed by atoms with Crippen molar-refractivity contribution in [3.8, 4) is 5.75 Å². The van der Waals surface area contributed by atoms with E-state index in [0.29, 0.717) is 19.0 Å². The SMILES string of the molecule is CC(=O)O[C@@H]1[C@@H](Oc2ccccc2)O[C@H](COCc2ccccc2)[C@@H](OCc2ccccc2)[C@@H]1OCc1ccccc1. The van der Waals surface area contributed by atoms with Crippen molar-refractivity contribution < 1.29 is 33.2 Å². The maximum absolute atomic E-state index is 12.4. The van der Waals surface area contributed by atoms with Crippen molar-refractivity contribution in [2.75, 3.05) is 6.61 Å². The fourth-order valence-electron chi connectivity index (χ4n) is 4.85. The van der Waals surface area contributed by atoms with E-state index >= 15 is 0 Å². The molecule has 7 heteroatoms. The Morgan fingerprint density at radius 1 is 0.619 bits per heavy atom. The molecule has 5 rings (SSSR count). The van der Waals surface area contributed by atoms with Crippen LogP contribution in [0.4, 0.5) is 0 Å². The largest absolute Gasteiger partial charge is 0.461 e. The van der Waals surface area contributed by atoms with Crippen molar-refractivity contribution in [1.82, 2.24) is 0 Å². The Morgan fingerprint density at radius 3 is 1.62 bits per heavy atom. The van der Waals surface area contributed by atoms with Crippen LogP contribution in [0.15, 0.2) is 121 Å². The van der Waals surface area contributed by atoms with Crippen molar-refractivity contribution in [1.29, 1.82) is 0 Å². The molecule has 0 N–H and O–H groups in total. The van der Waals surface area contributed by atoms with Gasteiger partial charge in [-0.3, -0.25) is 4.79 Å². The molecule has 0 bridgehead atoms. The number of carbonyl (C=O) groups excluding carboxylic acids is 1. The third-order valence-electron chi connectivity index (χ3n) is 6.85. The highest BCUT2D eigenvalue weighted by Crippen LogP contribution is 2.32. The zero-order valence-corrected chi connectivity index (χ0v) is 23.6. The van der Waals surface area contributed by atoms with Gasteiger partial charge >= 0.3 is 5.97 Å². The first-order valence-electron chi connectivity index (χ1n) is 14.1. The molecule has 0 spiro atoms. The van der Waals surface area contributed by atoms with Gasteiger partial charge < -0.3 is 28.4 Å². The Labute approximate surface area is 246 Å². The van der Waals surface area contributed by atoms with Gasteiger partial charge in [-0.2, -0.15) is 0 Å². The van der Waals surface area contributed by atoms with Crippen LogP contribution in [0.1, 0.15) is 23.6 Å². The molecular formula is C35H36O7. The van der Waals surface area contributed by atoms with Crippen molar-refractivity contribution >= 4 is 5.97 Å². The molecule has 0 aromatic heterocycles. The second-order valence-electron chi connectivity index (χ2n) is 10.1. The van der Waals surface area contributed by atoms with Gasteiger partial charge in [0.25, 0.3) is 0 Å². The van der Waals surface area contributed by atoms with E-state index in [9.17, 15) is 4.79 Å². The molecule has 1 aliphatic rings. The minimum Gasteiger partial charge on any atom is -0.461 e. The van der Waals surface area contributed by atoms with Crippen LogP contribution in [-0.2, 0) is 48.3 Å². The quantitative estimate of drug-likeness (QED) is 0.180. The lowest BCUT2D eigenvalue weighted by atomic mass is 9.97. The molecular weight excluding hydrogens is 532 g/mol. The fourth-order valence-corrected chi connectivity index (χ4v) is 4.85. The van der Waals surface area contributed by atoms with Crippen molar-refractivity contribution in [3.05, 3.63) is 138 Å². The second-order valence-corrected chi connectivity index (χ2v) is 10.1. The molecule has 4 aromatic rings. The molecule has 1 aliphatic heterocycles. The topological polar surface area (TPSA) is 72.5 Å². The summed E-state index contributed by atoms with van der Waals surface area (Å²) < 4.78 is 37.8. The minimum absolute atomic E-state index is 0.209. The van der Waals surface area contributed by atoms with Crippen LogP contribution in [0.25, 0.3) is 0 Å². The van der Waals surface area contributed by atoms with Gasteiger partial charge in [-0.05, 0) is 28.8 Å². The highest BCUT2D eigenvalue weighted by Gasteiger charge is 2.51. The normalized spacial score (nSPS) is 21.9. The smallest absolute Gasteiger partial charge is 0.303 e. The predicted octanol–water partition coefficient (Wildman–Crippen LogP) is 6.11. The first-order chi connectivity index (χ1) is 20.7. The van der Waals surface area contributed by atoms with Crippen LogP contribution >= 0.6 is 0 Å². The van der Waals surface area contributed by atoms with E-state index in [2.05, 4.69) is 0 Å². The van der Waals surface area contributed by atoms with Gasteiger partial charge in [0.2, 0.25) is 6.29 Å². The summed E-state index contributed by atoms with van der Waals surface area (Å²) in [6.45, 7) is 2.57. The Kier molecular flexibility index (Phi) is 10.7. The zero-order chi connectivity index (χ0) is 29.0. The Bertz CT molecular complexity index is 1340. The molecule has 0 aliphatic carbocycles. The molecule has 0 saturated carbocycles. The number of carbonyl (C=O) groups is 1. The van der Waals surface area contributed by atoms with Crippen LogP contribution in [0.2, 0.25) is 0 Å². The maximum Gasteiger partial charge on any atom is 0.303 e. The summed E-state index contributed by atoms with van der Waals surface area (Å²) in [6.07, 6.45) is -3.80. The molecule has 42 heavy (non-hydrogen) atoms. The summed E-state index contributed by atoms with van der Waals surface area (Å²) in [7, 11) is 0. The predicted molar refractivity (Wildman–Crippen MR) is 157 cm³/mol. The van der Waals surface area contributed by atoms with Gasteiger partial charge in [-0.15, -0.1) is 0 Å². The van der Waals surface area contributed by atoms with Crippen molar-refractivity contribution in [2.24, 2.45) is 0 Å². The molecule has 5 atom stereocenters. The van der Waals surface area contributed by atoms with E-state index in [0.717, 1.165) is 16.7 Å². The molecule has 1 fully saturated rings. The Hall–Kier alpha value is -4.01. The molecule has 218 valence electrons. The third kappa shape index (κ3) is 8.50. The summed E-state index contributed by atoms with van der Waals surface area (Å²) in [5.74, 6) is 0.105. The molecule has 4 aromatic carbocycles. The van der Waals surface area contributed by atoms with Crippen LogP contribution in [0.3, 0.4) is 0 Å². The van der Waals surface area contributed by atoms with E-state index in [1.54, 1.807) is 0 Å². The number of para-hydroxylation sites is 1. The number of ether oxygens (including phenoxy) is 6. The molecule has 1 heterocycles. The van der Waals surface area contributed by atoms with Crippen molar-refractivity contribution in [3.63, 3.8) is 0 Å². The summed E-state index contributed by atoms with van der Waals surface area (Å²) >= 11 is 0.